The number of aryl methyl sites for hydroxylation is 1. The zero-order chi connectivity index (χ0) is 29.9. The van der Waals surface area contributed by atoms with Gasteiger partial charge in [0.1, 0.15) is 17.7 Å². The van der Waals surface area contributed by atoms with Crippen LogP contribution < -0.4 is 16.4 Å². The van der Waals surface area contributed by atoms with Gasteiger partial charge in [-0.1, -0.05) is 49.6 Å². The standard InChI is InChI=1S/C31H40N4O5/c1-7-9-20-35(29(38)25(18-19-26(32)36)34-30(39)40-31(4,5)6)27(23-16-14-22(8-2)15-17-23)28(37)33-24-13-11-10-12-21(24)3/h2,10-17,25,27H,7,9,18-20H2,1,3-6H3,(H2,32,36)(H,33,37)(H,34,39). The molecule has 2 aromatic rings. The Kier molecular flexibility index (Phi) is 11.7. The predicted molar refractivity (Wildman–Crippen MR) is 155 cm³/mol. The lowest BCUT2D eigenvalue weighted by Gasteiger charge is -2.34. The van der Waals surface area contributed by atoms with E-state index in [9.17, 15) is 19.2 Å². The highest BCUT2D eigenvalue weighted by atomic mass is 16.6. The molecule has 4 amide bonds. The molecule has 0 saturated heterocycles. The van der Waals surface area contributed by atoms with Crippen LogP contribution in [0, 0.1) is 19.3 Å². The van der Waals surface area contributed by atoms with Gasteiger partial charge in [0.25, 0.3) is 5.91 Å². The molecule has 0 heterocycles. The number of carbonyl (C=O) groups excluding carboxylic acids is 4. The lowest BCUT2D eigenvalue weighted by atomic mass is 9.99. The lowest BCUT2D eigenvalue weighted by molar-refractivity contribution is -0.141. The first-order valence-corrected chi connectivity index (χ1v) is 13.4. The number of nitrogens with two attached hydrogens (primary N) is 1. The quantitative estimate of drug-likeness (QED) is 0.338. The maximum Gasteiger partial charge on any atom is 0.408 e. The van der Waals surface area contributed by atoms with Crippen molar-refractivity contribution in [3.8, 4) is 12.3 Å². The average Bonchev–Trinajstić information content (AvgIpc) is 2.88. The Morgan fingerprint density at radius 3 is 2.27 bits per heavy atom. The number of terminal acetylenes is 1. The van der Waals surface area contributed by atoms with E-state index in [1.807, 2.05) is 32.0 Å². The Bertz CT molecular complexity index is 1230. The van der Waals surface area contributed by atoms with E-state index < -0.39 is 41.5 Å². The number of nitrogens with one attached hydrogen (secondary N) is 2. The topological polar surface area (TPSA) is 131 Å². The molecule has 0 saturated carbocycles. The molecule has 0 aliphatic carbocycles. The van der Waals surface area contributed by atoms with E-state index in [4.69, 9.17) is 16.9 Å². The van der Waals surface area contributed by atoms with Crippen molar-refractivity contribution < 1.29 is 23.9 Å². The van der Waals surface area contributed by atoms with Gasteiger partial charge in [-0.25, -0.2) is 4.79 Å². The predicted octanol–water partition coefficient (Wildman–Crippen LogP) is 4.44. The monoisotopic (exact) mass is 548 g/mol. The number of primary amides is 1. The molecule has 0 aromatic heterocycles. The summed E-state index contributed by atoms with van der Waals surface area (Å²) in [7, 11) is 0. The van der Waals surface area contributed by atoms with Gasteiger partial charge in [0.15, 0.2) is 0 Å². The largest absolute Gasteiger partial charge is 0.444 e. The average molecular weight is 549 g/mol. The summed E-state index contributed by atoms with van der Waals surface area (Å²) < 4.78 is 5.36. The summed E-state index contributed by atoms with van der Waals surface area (Å²) >= 11 is 0. The third-order valence-corrected chi connectivity index (χ3v) is 6.06. The van der Waals surface area contributed by atoms with Gasteiger partial charge in [-0.2, -0.15) is 0 Å². The van der Waals surface area contributed by atoms with Gasteiger partial charge in [-0.15, -0.1) is 6.42 Å². The van der Waals surface area contributed by atoms with Gasteiger partial charge < -0.3 is 26.0 Å². The van der Waals surface area contributed by atoms with Crippen molar-refractivity contribution in [1.29, 1.82) is 0 Å². The van der Waals surface area contributed by atoms with E-state index in [-0.39, 0.29) is 19.4 Å². The van der Waals surface area contributed by atoms with Crippen molar-refractivity contribution in [2.75, 3.05) is 11.9 Å². The maximum atomic E-state index is 14.1. The van der Waals surface area contributed by atoms with Crippen LogP contribution in [0.1, 0.15) is 76.1 Å². The minimum atomic E-state index is -1.15. The van der Waals surface area contributed by atoms with Crippen LogP contribution in [0.25, 0.3) is 0 Å². The highest BCUT2D eigenvalue weighted by Gasteiger charge is 2.36. The van der Waals surface area contributed by atoms with Crippen LogP contribution in [0.3, 0.4) is 0 Å². The molecule has 2 aromatic carbocycles. The molecule has 214 valence electrons. The Balaban J connectivity index is 2.56. The molecule has 2 unspecified atom stereocenters. The highest BCUT2D eigenvalue weighted by Crippen LogP contribution is 2.27. The molecule has 0 radical (unpaired) electrons. The summed E-state index contributed by atoms with van der Waals surface area (Å²) in [5, 5.41) is 5.54. The minimum Gasteiger partial charge on any atom is -0.444 e. The number of nitrogens with zero attached hydrogens (tertiary/aromatic N) is 1. The van der Waals surface area contributed by atoms with E-state index in [2.05, 4.69) is 16.6 Å². The third-order valence-electron chi connectivity index (χ3n) is 6.06. The van der Waals surface area contributed by atoms with Crippen LogP contribution >= 0.6 is 0 Å². The van der Waals surface area contributed by atoms with Crippen molar-refractivity contribution in [2.45, 2.75) is 78.0 Å². The molecule has 0 fully saturated rings. The molecule has 0 aliphatic heterocycles. The molecular formula is C31H40N4O5. The molecular weight excluding hydrogens is 508 g/mol. The van der Waals surface area contributed by atoms with Crippen molar-refractivity contribution in [3.05, 3.63) is 65.2 Å². The molecule has 2 atom stereocenters. The summed E-state index contributed by atoms with van der Waals surface area (Å²) in [5.41, 5.74) is 7.19. The second-order valence-electron chi connectivity index (χ2n) is 10.6. The smallest absolute Gasteiger partial charge is 0.408 e. The first-order valence-electron chi connectivity index (χ1n) is 13.4. The molecule has 0 aliphatic rings. The summed E-state index contributed by atoms with van der Waals surface area (Å²) in [6, 6.07) is 11.9. The number of ether oxygens (including phenoxy) is 1. The fourth-order valence-corrected chi connectivity index (χ4v) is 4.04. The van der Waals surface area contributed by atoms with Gasteiger partial charge in [0, 0.05) is 24.2 Å². The van der Waals surface area contributed by atoms with Gasteiger partial charge >= 0.3 is 6.09 Å². The van der Waals surface area contributed by atoms with Crippen molar-refractivity contribution in [3.63, 3.8) is 0 Å². The number of anilines is 1. The maximum absolute atomic E-state index is 14.1. The van der Waals surface area contributed by atoms with Gasteiger partial charge in [0.2, 0.25) is 11.8 Å². The van der Waals surface area contributed by atoms with E-state index >= 15 is 0 Å². The first-order chi connectivity index (χ1) is 18.9. The fraction of sp³-hybridized carbons (Fsp3) is 0.419. The molecule has 40 heavy (non-hydrogen) atoms. The van der Waals surface area contributed by atoms with Crippen LogP contribution in [0.5, 0.6) is 0 Å². The third kappa shape index (κ3) is 9.77. The Labute approximate surface area is 236 Å². The molecule has 2 rings (SSSR count). The van der Waals surface area contributed by atoms with Crippen LogP contribution in [-0.4, -0.2) is 46.9 Å². The Morgan fingerprint density at radius 2 is 1.73 bits per heavy atom. The fourth-order valence-electron chi connectivity index (χ4n) is 4.04. The van der Waals surface area contributed by atoms with Crippen LogP contribution in [-0.2, 0) is 19.1 Å². The zero-order valence-electron chi connectivity index (χ0n) is 24.0. The number of benzene rings is 2. The summed E-state index contributed by atoms with van der Waals surface area (Å²) in [6.45, 7) is 9.17. The summed E-state index contributed by atoms with van der Waals surface area (Å²) in [5.74, 6) is 0.965. The second kappa shape index (κ2) is 14.7. The number of carbonyl (C=O) groups is 4. The lowest BCUT2D eigenvalue weighted by Crippen LogP contribution is -2.52. The zero-order valence-corrected chi connectivity index (χ0v) is 24.0. The van der Waals surface area contributed by atoms with Gasteiger partial charge in [-0.3, -0.25) is 14.4 Å². The first kappa shape index (κ1) is 31.9. The van der Waals surface area contributed by atoms with Gasteiger partial charge in [0.05, 0.1) is 0 Å². The SMILES string of the molecule is C#Cc1ccc(C(C(=O)Nc2ccccc2C)N(CCCC)C(=O)C(CCC(N)=O)NC(=O)OC(C)(C)C)cc1. The van der Waals surface area contributed by atoms with E-state index in [1.165, 1.54) is 4.90 Å². The van der Waals surface area contributed by atoms with E-state index in [1.54, 1.807) is 51.1 Å². The van der Waals surface area contributed by atoms with Crippen LogP contribution in [0.15, 0.2) is 48.5 Å². The summed E-state index contributed by atoms with van der Waals surface area (Å²) in [6.07, 6.45) is 5.85. The second-order valence-corrected chi connectivity index (χ2v) is 10.6. The summed E-state index contributed by atoms with van der Waals surface area (Å²) in [4.78, 5) is 53.7. The Morgan fingerprint density at radius 1 is 1.07 bits per heavy atom. The van der Waals surface area contributed by atoms with E-state index in [0.717, 1.165) is 12.0 Å². The number of rotatable bonds is 12. The molecule has 0 spiro atoms. The number of alkyl carbamates (subject to hydrolysis) is 1. The van der Waals surface area contributed by atoms with Gasteiger partial charge in [-0.05, 0) is 69.9 Å². The molecule has 9 nitrogen and oxygen atoms in total. The number of hydrogen-bond acceptors (Lipinski definition) is 5. The number of hydrogen-bond donors (Lipinski definition) is 3. The molecule has 0 bridgehead atoms. The number of unbranched alkanes of at least 4 members (excludes halogenated alkanes) is 1. The van der Waals surface area contributed by atoms with Crippen molar-refractivity contribution in [2.24, 2.45) is 5.73 Å². The normalized spacial score (nSPS) is 12.4. The van der Waals surface area contributed by atoms with Crippen molar-refractivity contribution >= 4 is 29.5 Å². The highest BCUT2D eigenvalue weighted by molar-refractivity contribution is 5.99. The number of para-hydroxylation sites is 1. The molecule has 4 N–H and O–H groups in total. The molecule has 9 heteroatoms. The Hall–Kier alpha value is -4.32. The number of amides is 4. The van der Waals surface area contributed by atoms with E-state index in [0.29, 0.717) is 23.2 Å². The van der Waals surface area contributed by atoms with Crippen molar-refractivity contribution in [1.82, 2.24) is 10.2 Å². The van der Waals surface area contributed by atoms with Crippen LogP contribution in [0.4, 0.5) is 10.5 Å². The minimum absolute atomic E-state index is 0.0573. The van der Waals surface area contributed by atoms with Crippen LogP contribution in [0.2, 0.25) is 0 Å².